The fourth-order valence-corrected chi connectivity index (χ4v) is 3.34. The highest BCUT2D eigenvalue weighted by atomic mass is 32.2. The first-order valence-electron chi connectivity index (χ1n) is 8.95. The van der Waals surface area contributed by atoms with Crippen molar-refractivity contribution in [2.24, 2.45) is 7.05 Å². The van der Waals surface area contributed by atoms with Gasteiger partial charge in [-0.25, -0.2) is 8.78 Å². The first kappa shape index (κ1) is 21.6. The van der Waals surface area contributed by atoms with Crippen molar-refractivity contribution in [3.63, 3.8) is 0 Å². The Morgan fingerprint density at radius 1 is 1.17 bits per heavy atom. The normalized spacial score (nSPS) is 11.8. The summed E-state index contributed by atoms with van der Waals surface area (Å²) in [6, 6.07) is 10.1. The molecule has 158 valence electrons. The van der Waals surface area contributed by atoms with Crippen LogP contribution in [0.1, 0.15) is 18.9 Å². The van der Waals surface area contributed by atoms with Gasteiger partial charge in [0.25, 0.3) is 0 Å². The van der Waals surface area contributed by atoms with Gasteiger partial charge in [0.05, 0.1) is 18.6 Å². The van der Waals surface area contributed by atoms with Gasteiger partial charge in [0.2, 0.25) is 5.91 Å². The van der Waals surface area contributed by atoms with Crippen molar-refractivity contribution in [3.8, 4) is 11.5 Å². The van der Waals surface area contributed by atoms with Gasteiger partial charge in [-0.05, 0) is 43.3 Å². The second-order valence-electron chi connectivity index (χ2n) is 6.30. The van der Waals surface area contributed by atoms with Crippen molar-refractivity contribution >= 4 is 23.4 Å². The highest BCUT2D eigenvalue weighted by Gasteiger charge is 2.18. The zero-order valence-corrected chi connectivity index (χ0v) is 17.4. The van der Waals surface area contributed by atoms with E-state index in [0.29, 0.717) is 22.8 Å². The van der Waals surface area contributed by atoms with Crippen LogP contribution in [0.4, 0.5) is 14.5 Å². The standard InChI is InChI=1S/C20H20F2N4O3S/c1-12(29-15-7-5-14(28-3)6-8-15)19-24-25-20(26(19)2)30-11-18(27)23-17-9-4-13(21)10-16(17)22/h4-10,12H,11H2,1-3H3,(H,23,27). The molecule has 0 aliphatic carbocycles. The molecule has 0 saturated heterocycles. The van der Waals surface area contributed by atoms with E-state index >= 15 is 0 Å². The van der Waals surface area contributed by atoms with Crippen molar-refractivity contribution in [2.45, 2.75) is 18.2 Å². The van der Waals surface area contributed by atoms with Crippen molar-refractivity contribution in [1.29, 1.82) is 0 Å². The van der Waals surface area contributed by atoms with E-state index in [0.717, 1.165) is 23.6 Å². The van der Waals surface area contributed by atoms with Gasteiger partial charge in [-0.1, -0.05) is 11.8 Å². The number of nitrogens with zero attached hydrogens (tertiary/aromatic N) is 3. The molecule has 0 saturated carbocycles. The number of benzene rings is 2. The maximum atomic E-state index is 13.6. The van der Waals surface area contributed by atoms with Crippen LogP contribution in [0.3, 0.4) is 0 Å². The van der Waals surface area contributed by atoms with Gasteiger partial charge in [-0.15, -0.1) is 10.2 Å². The first-order chi connectivity index (χ1) is 14.4. The average molecular weight is 434 g/mol. The molecular formula is C20H20F2N4O3S. The Morgan fingerprint density at radius 2 is 1.87 bits per heavy atom. The molecule has 1 amide bonds. The molecule has 10 heteroatoms. The van der Waals surface area contributed by atoms with Crippen LogP contribution in [0.15, 0.2) is 47.6 Å². The Bertz CT molecular complexity index is 1030. The van der Waals surface area contributed by atoms with Gasteiger partial charge < -0.3 is 19.4 Å². The quantitative estimate of drug-likeness (QED) is 0.541. The lowest BCUT2D eigenvalue weighted by Gasteiger charge is -2.14. The number of hydrogen-bond donors (Lipinski definition) is 1. The maximum absolute atomic E-state index is 13.6. The smallest absolute Gasteiger partial charge is 0.234 e. The number of carbonyl (C=O) groups is 1. The molecule has 1 aromatic heterocycles. The van der Waals surface area contributed by atoms with E-state index in [1.807, 2.05) is 6.92 Å². The first-order valence-corrected chi connectivity index (χ1v) is 9.93. The predicted molar refractivity (Wildman–Crippen MR) is 109 cm³/mol. The largest absolute Gasteiger partial charge is 0.497 e. The van der Waals surface area contributed by atoms with Crippen LogP contribution in [-0.4, -0.2) is 33.5 Å². The number of carbonyl (C=O) groups excluding carboxylic acids is 1. The van der Waals surface area contributed by atoms with E-state index in [4.69, 9.17) is 9.47 Å². The van der Waals surface area contributed by atoms with Gasteiger partial charge in [0, 0.05) is 13.1 Å². The molecule has 3 rings (SSSR count). The number of halogens is 2. The molecule has 1 atom stereocenters. The number of ether oxygens (including phenoxy) is 2. The predicted octanol–water partition coefficient (Wildman–Crippen LogP) is 3.97. The third-order valence-corrected chi connectivity index (χ3v) is 5.16. The molecule has 30 heavy (non-hydrogen) atoms. The number of hydrogen-bond acceptors (Lipinski definition) is 6. The van der Waals surface area contributed by atoms with E-state index in [1.54, 1.807) is 43.0 Å². The third-order valence-electron chi connectivity index (χ3n) is 4.14. The number of nitrogens with one attached hydrogen (secondary N) is 1. The Kier molecular flexibility index (Phi) is 6.88. The van der Waals surface area contributed by atoms with Gasteiger partial charge in [0.1, 0.15) is 23.1 Å². The van der Waals surface area contributed by atoms with Crippen molar-refractivity contribution in [1.82, 2.24) is 14.8 Å². The van der Waals surface area contributed by atoms with Crippen LogP contribution in [0, 0.1) is 11.6 Å². The lowest BCUT2D eigenvalue weighted by Crippen LogP contribution is -2.16. The maximum Gasteiger partial charge on any atom is 0.234 e. The molecule has 0 spiro atoms. The second-order valence-corrected chi connectivity index (χ2v) is 7.24. The second kappa shape index (κ2) is 9.57. The Morgan fingerprint density at radius 3 is 2.53 bits per heavy atom. The summed E-state index contributed by atoms with van der Waals surface area (Å²) in [5.41, 5.74) is -0.0813. The molecule has 0 fully saturated rings. The van der Waals surface area contributed by atoms with Crippen LogP contribution in [-0.2, 0) is 11.8 Å². The molecule has 0 radical (unpaired) electrons. The van der Waals surface area contributed by atoms with Crippen LogP contribution >= 0.6 is 11.8 Å². The van der Waals surface area contributed by atoms with E-state index < -0.39 is 17.5 Å². The zero-order valence-electron chi connectivity index (χ0n) is 16.6. The minimum Gasteiger partial charge on any atom is -0.497 e. The summed E-state index contributed by atoms with van der Waals surface area (Å²) in [6.07, 6.45) is -0.382. The lowest BCUT2D eigenvalue weighted by molar-refractivity contribution is -0.113. The Labute approximate surface area is 176 Å². The molecule has 1 N–H and O–H groups in total. The molecule has 1 unspecified atom stereocenters. The average Bonchev–Trinajstić information content (AvgIpc) is 3.09. The van der Waals surface area contributed by atoms with Crippen molar-refractivity contribution in [2.75, 3.05) is 18.2 Å². The zero-order chi connectivity index (χ0) is 21.7. The molecule has 0 aliphatic heterocycles. The highest BCUT2D eigenvalue weighted by Crippen LogP contribution is 2.25. The van der Waals surface area contributed by atoms with Gasteiger partial charge in [0.15, 0.2) is 17.1 Å². The Hall–Kier alpha value is -3.14. The van der Waals surface area contributed by atoms with Crippen molar-refractivity contribution in [3.05, 3.63) is 59.9 Å². The number of amides is 1. The summed E-state index contributed by atoms with van der Waals surface area (Å²) in [5, 5.41) is 11.1. The number of thioether (sulfide) groups is 1. The topological polar surface area (TPSA) is 78.3 Å². The molecule has 0 aliphatic rings. The van der Waals surface area contributed by atoms with E-state index in [9.17, 15) is 13.6 Å². The van der Waals surface area contributed by atoms with E-state index in [2.05, 4.69) is 15.5 Å². The van der Waals surface area contributed by atoms with Crippen LogP contribution in [0.25, 0.3) is 0 Å². The lowest BCUT2D eigenvalue weighted by atomic mass is 10.3. The Balaban J connectivity index is 1.58. The van der Waals surface area contributed by atoms with Gasteiger partial charge in [-0.3, -0.25) is 4.79 Å². The van der Waals surface area contributed by atoms with Gasteiger partial charge >= 0.3 is 0 Å². The number of rotatable bonds is 8. The fourth-order valence-electron chi connectivity index (χ4n) is 2.62. The third kappa shape index (κ3) is 5.26. The van der Waals surface area contributed by atoms with Crippen molar-refractivity contribution < 1.29 is 23.0 Å². The molecule has 2 aromatic carbocycles. The SMILES string of the molecule is COc1ccc(OC(C)c2nnc(SCC(=O)Nc3ccc(F)cc3F)n2C)cc1. The summed E-state index contributed by atoms with van der Waals surface area (Å²) in [4.78, 5) is 12.1. The summed E-state index contributed by atoms with van der Waals surface area (Å²) in [7, 11) is 3.36. The van der Waals surface area contributed by atoms with E-state index in [1.165, 1.54) is 6.07 Å². The van der Waals surface area contributed by atoms with Crippen LogP contribution in [0.2, 0.25) is 0 Å². The number of anilines is 1. The number of methoxy groups -OCH3 is 1. The minimum absolute atomic E-state index is 0.0174. The number of aromatic nitrogens is 3. The molecule has 1 heterocycles. The van der Waals surface area contributed by atoms with Crippen LogP contribution in [0.5, 0.6) is 11.5 Å². The van der Waals surface area contributed by atoms with Gasteiger partial charge in [-0.2, -0.15) is 0 Å². The molecule has 7 nitrogen and oxygen atoms in total. The summed E-state index contributed by atoms with van der Waals surface area (Å²) >= 11 is 1.14. The molecule has 3 aromatic rings. The van der Waals surface area contributed by atoms with Crippen LogP contribution < -0.4 is 14.8 Å². The minimum atomic E-state index is -0.834. The van der Waals surface area contributed by atoms with E-state index in [-0.39, 0.29) is 17.5 Å². The highest BCUT2D eigenvalue weighted by molar-refractivity contribution is 7.99. The fraction of sp³-hybridized carbons (Fsp3) is 0.250. The summed E-state index contributed by atoms with van der Waals surface area (Å²) in [6.45, 7) is 1.84. The molecular weight excluding hydrogens is 414 g/mol. The molecule has 0 bridgehead atoms. The summed E-state index contributed by atoms with van der Waals surface area (Å²) in [5.74, 6) is -0.0456. The summed E-state index contributed by atoms with van der Waals surface area (Å²) < 4.78 is 39.3. The monoisotopic (exact) mass is 434 g/mol.